The highest BCUT2D eigenvalue weighted by Crippen LogP contribution is 2.22. The fourth-order valence-electron chi connectivity index (χ4n) is 2.11. The molecule has 2 aromatic carbocycles. The van der Waals surface area contributed by atoms with Crippen LogP contribution in [0.1, 0.15) is 25.8 Å². The standard InChI is InChI=1S/C19H23ClN2O2/c1-4-13(2)24-16-10-8-15(9-11-16)22-19(23)12-21-18-7-5-6-17(20)14(18)3/h5-11,13,21H,4,12H2,1-3H3,(H,22,23). The molecule has 0 fully saturated rings. The summed E-state index contributed by atoms with van der Waals surface area (Å²) in [5.74, 6) is 0.681. The average Bonchev–Trinajstić information content (AvgIpc) is 2.58. The molecule has 0 bridgehead atoms. The first-order valence-electron chi connectivity index (χ1n) is 8.05. The number of ether oxygens (including phenoxy) is 1. The minimum Gasteiger partial charge on any atom is -0.491 e. The number of nitrogens with one attached hydrogen (secondary N) is 2. The van der Waals surface area contributed by atoms with Crippen molar-refractivity contribution in [3.63, 3.8) is 0 Å². The van der Waals surface area contributed by atoms with Crippen molar-refractivity contribution in [2.24, 2.45) is 0 Å². The molecule has 2 N–H and O–H groups in total. The number of carbonyl (C=O) groups excluding carboxylic acids is 1. The van der Waals surface area contributed by atoms with Crippen LogP contribution < -0.4 is 15.4 Å². The van der Waals surface area contributed by atoms with Crippen LogP contribution in [0.15, 0.2) is 42.5 Å². The van der Waals surface area contributed by atoms with E-state index < -0.39 is 0 Å². The molecule has 1 atom stereocenters. The number of anilines is 2. The molecule has 4 nitrogen and oxygen atoms in total. The molecule has 0 saturated carbocycles. The van der Waals surface area contributed by atoms with Crippen molar-refractivity contribution in [3.8, 4) is 5.75 Å². The fourth-order valence-corrected chi connectivity index (χ4v) is 2.29. The van der Waals surface area contributed by atoms with E-state index in [0.29, 0.717) is 5.02 Å². The van der Waals surface area contributed by atoms with E-state index in [-0.39, 0.29) is 18.6 Å². The van der Waals surface area contributed by atoms with Crippen LogP contribution in [-0.4, -0.2) is 18.6 Å². The molecule has 0 aliphatic heterocycles. The molecule has 2 aromatic rings. The summed E-state index contributed by atoms with van der Waals surface area (Å²) in [5, 5.41) is 6.63. The van der Waals surface area contributed by atoms with Crippen LogP contribution >= 0.6 is 11.6 Å². The summed E-state index contributed by atoms with van der Waals surface area (Å²) < 4.78 is 5.72. The Hall–Kier alpha value is -2.20. The van der Waals surface area contributed by atoms with E-state index >= 15 is 0 Å². The molecule has 24 heavy (non-hydrogen) atoms. The summed E-state index contributed by atoms with van der Waals surface area (Å²) >= 11 is 6.07. The number of rotatable bonds is 7. The van der Waals surface area contributed by atoms with E-state index in [1.54, 1.807) is 0 Å². The Kier molecular flexibility index (Phi) is 6.50. The monoisotopic (exact) mass is 346 g/mol. The van der Waals surface area contributed by atoms with Gasteiger partial charge in [0.05, 0.1) is 12.6 Å². The van der Waals surface area contributed by atoms with Crippen molar-refractivity contribution in [3.05, 3.63) is 53.1 Å². The zero-order valence-corrected chi connectivity index (χ0v) is 15.0. The Morgan fingerprint density at radius 2 is 1.92 bits per heavy atom. The Morgan fingerprint density at radius 1 is 1.21 bits per heavy atom. The molecule has 0 saturated heterocycles. The van der Waals surface area contributed by atoms with Crippen LogP contribution in [-0.2, 0) is 4.79 Å². The van der Waals surface area contributed by atoms with E-state index in [1.807, 2.05) is 56.3 Å². The van der Waals surface area contributed by atoms with Gasteiger partial charge >= 0.3 is 0 Å². The molecule has 1 amide bonds. The predicted octanol–water partition coefficient (Wildman–Crippen LogP) is 4.88. The molecule has 0 aliphatic rings. The number of benzene rings is 2. The van der Waals surface area contributed by atoms with Crippen LogP contribution in [0.5, 0.6) is 5.75 Å². The number of halogens is 1. The van der Waals surface area contributed by atoms with E-state index in [1.165, 1.54) is 0 Å². The van der Waals surface area contributed by atoms with E-state index in [4.69, 9.17) is 16.3 Å². The van der Waals surface area contributed by atoms with Gasteiger partial charge in [-0.15, -0.1) is 0 Å². The summed E-state index contributed by atoms with van der Waals surface area (Å²) in [5.41, 5.74) is 2.52. The minimum absolute atomic E-state index is 0.120. The first-order valence-corrected chi connectivity index (χ1v) is 8.43. The SMILES string of the molecule is CCC(C)Oc1ccc(NC(=O)CNc2cccc(Cl)c2C)cc1. The summed E-state index contributed by atoms with van der Waals surface area (Å²) in [6.45, 7) is 6.19. The second kappa shape index (κ2) is 8.60. The zero-order valence-electron chi connectivity index (χ0n) is 14.2. The first-order chi connectivity index (χ1) is 11.5. The Morgan fingerprint density at radius 3 is 2.58 bits per heavy atom. The normalized spacial score (nSPS) is 11.7. The van der Waals surface area contributed by atoms with Gasteiger partial charge in [0.25, 0.3) is 0 Å². The lowest BCUT2D eigenvalue weighted by atomic mass is 10.2. The number of hydrogen-bond donors (Lipinski definition) is 2. The number of amides is 1. The largest absolute Gasteiger partial charge is 0.491 e. The second-order valence-electron chi connectivity index (χ2n) is 5.68. The maximum Gasteiger partial charge on any atom is 0.243 e. The van der Waals surface area contributed by atoms with Gasteiger partial charge in [-0.2, -0.15) is 0 Å². The molecule has 5 heteroatoms. The predicted molar refractivity (Wildman–Crippen MR) is 100 cm³/mol. The highest BCUT2D eigenvalue weighted by atomic mass is 35.5. The van der Waals surface area contributed by atoms with E-state index in [9.17, 15) is 4.79 Å². The first kappa shape index (κ1) is 18.1. The van der Waals surface area contributed by atoms with Gasteiger partial charge in [-0.05, 0) is 62.2 Å². The third-order valence-corrected chi connectivity index (χ3v) is 4.17. The van der Waals surface area contributed by atoms with Gasteiger partial charge in [-0.1, -0.05) is 24.6 Å². The quantitative estimate of drug-likeness (QED) is 0.751. The highest BCUT2D eigenvalue weighted by Gasteiger charge is 2.06. The molecule has 0 heterocycles. The lowest BCUT2D eigenvalue weighted by Gasteiger charge is -2.13. The summed E-state index contributed by atoms with van der Waals surface area (Å²) in [6, 6.07) is 13.0. The molecular weight excluding hydrogens is 324 g/mol. The molecule has 128 valence electrons. The minimum atomic E-state index is -0.120. The lowest BCUT2D eigenvalue weighted by molar-refractivity contribution is -0.114. The second-order valence-corrected chi connectivity index (χ2v) is 6.08. The molecule has 0 aromatic heterocycles. The topological polar surface area (TPSA) is 50.4 Å². The van der Waals surface area contributed by atoms with E-state index in [2.05, 4.69) is 17.6 Å². The fraction of sp³-hybridized carbons (Fsp3) is 0.316. The smallest absolute Gasteiger partial charge is 0.243 e. The van der Waals surface area contributed by atoms with Crippen LogP contribution in [0, 0.1) is 6.92 Å². The number of carbonyl (C=O) groups is 1. The molecular formula is C19H23ClN2O2. The maximum absolute atomic E-state index is 12.1. The molecule has 0 spiro atoms. The van der Waals surface area contributed by atoms with Crippen molar-refractivity contribution in [2.45, 2.75) is 33.3 Å². The van der Waals surface area contributed by atoms with Gasteiger partial charge in [0.15, 0.2) is 0 Å². The van der Waals surface area contributed by atoms with Crippen molar-refractivity contribution < 1.29 is 9.53 Å². The van der Waals surface area contributed by atoms with Gasteiger partial charge in [-0.3, -0.25) is 4.79 Å². The molecule has 0 aliphatic carbocycles. The van der Waals surface area contributed by atoms with Crippen molar-refractivity contribution in [1.82, 2.24) is 0 Å². The van der Waals surface area contributed by atoms with Crippen LogP contribution in [0.4, 0.5) is 11.4 Å². The molecule has 1 unspecified atom stereocenters. The maximum atomic E-state index is 12.1. The summed E-state index contributed by atoms with van der Waals surface area (Å²) in [6.07, 6.45) is 1.13. The van der Waals surface area contributed by atoms with Crippen LogP contribution in [0.25, 0.3) is 0 Å². The Balaban J connectivity index is 1.87. The third-order valence-electron chi connectivity index (χ3n) is 3.76. The van der Waals surface area contributed by atoms with Crippen LogP contribution in [0.3, 0.4) is 0 Å². The van der Waals surface area contributed by atoms with Crippen molar-refractivity contribution >= 4 is 28.9 Å². The lowest BCUT2D eigenvalue weighted by Crippen LogP contribution is -2.22. The van der Waals surface area contributed by atoms with Crippen molar-refractivity contribution in [2.75, 3.05) is 17.2 Å². The third kappa shape index (κ3) is 5.17. The summed E-state index contributed by atoms with van der Waals surface area (Å²) in [7, 11) is 0. The Labute approximate surface area is 148 Å². The van der Waals surface area contributed by atoms with Gasteiger partial charge in [0.1, 0.15) is 5.75 Å². The van der Waals surface area contributed by atoms with Gasteiger partial charge < -0.3 is 15.4 Å². The van der Waals surface area contributed by atoms with Gasteiger partial charge in [0, 0.05) is 16.4 Å². The summed E-state index contributed by atoms with van der Waals surface area (Å²) in [4.78, 5) is 12.1. The molecule has 2 rings (SSSR count). The average molecular weight is 347 g/mol. The van der Waals surface area contributed by atoms with Gasteiger partial charge in [-0.25, -0.2) is 0 Å². The van der Waals surface area contributed by atoms with Gasteiger partial charge in [0.2, 0.25) is 5.91 Å². The van der Waals surface area contributed by atoms with E-state index in [0.717, 1.165) is 29.1 Å². The van der Waals surface area contributed by atoms with Crippen molar-refractivity contribution in [1.29, 1.82) is 0 Å². The highest BCUT2D eigenvalue weighted by molar-refractivity contribution is 6.31. The molecule has 0 radical (unpaired) electrons. The Bertz CT molecular complexity index is 686. The van der Waals surface area contributed by atoms with Crippen LogP contribution in [0.2, 0.25) is 5.02 Å². The zero-order chi connectivity index (χ0) is 17.5. The number of hydrogen-bond acceptors (Lipinski definition) is 3.